The molecular formula is C20H18INO5S. The van der Waals surface area contributed by atoms with E-state index in [9.17, 15) is 9.59 Å². The molecule has 3 rings (SSSR count). The molecule has 0 aliphatic carbocycles. The molecule has 2 aromatic carbocycles. The van der Waals surface area contributed by atoms with Gasteiger partial charge < -0.3 is 14.2 Å². The summed E-state index contributed by atoms with van der Waals surface area (Å²) in [7, 11) is 3.08. The molecule has 1 fully saturated rings. The SMILES string of the molecule is CCOc1cc(/C=C2\SC(=O)N(c3ccccc3OC)C2=O)cc(I)c1OC. The summed E-state index contributed by atoms with van der Waals surface area (Å²) in [6, 6.07) is 10.6. The van der Waals surface area contributed by atoms with Crippen LogP contribution in [0.4, 0.5) is 10.5 Å². The maximum atomic E-state index is 12.9. The number of rotatable bonds is 6. The zero-order chi connectivity index (χ0) is 20.3. The summed E-state index contributed by atoms with van der Waals surface area (Å²) in [4.78, 5) is 26.9. The summed E-state index contributed by atoms with van der Waals surface area (Å²) >= 11 is 3.04. The van der Waals surface area contributed by atoms with Gasteiger partial charge >= 0.3 is 0 Å². The molecule has 1 aliphatic heterocycles. The molecular weight excluding hydrogens is 493 g/mol. The molecule has 1 saturated heterocycles. The van der Waals surface area contributed by atoms with Crippen molar-refractivity contribution in [3.8, 4) is 17.2 Å². The largest absolute Gasteiger partial charge is 0.495 e. The summed E-state index contributed by atoms with van der Waals surface area (Å²) in [5.74, 6) is 1.31. The zero-order valence-corrected chi connectivity index (χ0v) is 18.5. The lowest BCUT2D eigenvalue weighted by Gasteiger charge is -2.15. The lowest BCUT2D eigenvalue weighted by atomic mass is 10.1. The number of halogens is 1. The molecule has 0 saturated carbocycles. The van der Waals surface area contributed by atoms with Gasteiger partial charge in [0.25, 0.3) is 11.1 Å². The lowest BCUT2D eigenvalue weighted by molar-refractivity contribution is -0.113. The van der Waals surface area contributed by atoms with Gasteiger partial charge in [-0.2, -0.15) is 0 Å². The molecule has 1 aliphatic rings. The van der Waals surface area contributed by atoms with Crippen LogP contribution in [0.15, 0.2) is 41.3 Å². The zero-order valence-electron chi connectivity index (χ0n) is 15.5. The molecule has 0 atom stereocenters. The van der Waals surface area contributed by atoms with Crippen LogP contribution in [0, 0.1) is 3.57 Å². The van der Waals surface area contributed by atoms with Crippen molar-refractivity contribution in [3.63, 3.8) is 0 Å². The van der Waals surface area contributed by atoms with E-state index in [0.717, 1.165) is 25.8 Å². The fourth-order valence-corrected chi connectivity index (χ4v) is 4.45. The number of thioether (sulfide) groups is 1. The third kappa shape index (κ3) is 3.97. The van der Waals surface area contributed by atoms with Crippen LogP contribution in [0.5, 0.6) is 17.2 Å². The summed E-state index contributed by atoms with van der Waals surface area (Å²) in [5, 5.41) is -0.367. The number of carbonyl (C=O) groups excluding carboxylic acids is 2. The highest BCUT2D eigenvalue weighted by atomic mass is 127. The molecule has 2 aromatic rings. The van der Waals surface area contributed by atoms with Crippen molar-refractivity contribution in [2.75, 3.05) is 25.7 Å². The van der Waals surface area contributed by atoms with Gasteiger partial charge in [0.1, 0.15) is 5.75 Å². The monoisotopic (exact) mass is 511 g/mol. The number of nitrogens with zero attached hydrogens (tertiary/aromatic N) is 1. The standard InChI is InChI=1S/C20H18INO5S/c1-4-27-16-10-12(9-13(21)18(16)26-3)11-17-19(23)22(20(24)28-17)14-7-5-6-8-15(14)25-2/h5-11H,4H2,1-3H3/b17-11-. The topological polar surface area (TPSA) is 65.1 Å². The first-order valence-corrected chi connectivity index (χ1v) is 10.3. The van der Waals surface area contributed by atoms with Gasteiger partial charge in [0.15, 0.2) is 11.5 Å². The van der Waals surface area contributed by atoms with Gasteiger partial charge in [-0.25, -0.2) is 4.90 Å². The first-order valence-electron chi connectivity index (χ1n) is 8.41. The number of ether oxygens (including phenoxy) is 3. The van der Waals surface area contributed by atoms with Crippen LogP contribution >= 0.6 is 34.4 Å². The molecule has 0 aromatic heterocycles. The highest BCUT2D eigenvalue weighted by Gasteiger charge is 2.37. The molecule has 8 heteroatoms. The Morgan fingerprint density at radius 1 is 1.11 bits per heavy atom. The van der Waals surface area contributed by atoms with Gasteiger partial charge in [-0.1, -0.05) is 12.1 Å². The summed E-state index contributed by atoms with van der Waals surface area (Å²) in [5.41, 5.74) is 1.18. The molecule has 1 heterocycles. The van der Waals surface area contributed by atoms with Crippen LogP contribution in [-0.2, 0) is 4.79 Å². The van der Waals surface area contributed by atoms with Gasteiger partial charge in [-0.05, 0) is 77.2 Å². The van der Waals surface area contributed by atoms with E-state index in [1.54, 1.807) is 43.5 Å². The van der Waals surface area contributed by atoms with Gasteiger partial charge in [0.05, 0.1) is 35.0 Å². The second-order valence-electron chi connectivity index (χ2n) is 5.66. The minimum atomic E-state index is -0.386. The van der Waals surface area contributed by atoms with Crippen molar-refractivity contribution in [2.45, 2.75) is 6.92 Å². The molecule has 0 unspecified atom stereocenters. The van der Waals surface area contributed by atoms with E-state index in [1.165, 1.54) is 7.11 Å². The van der Waals surface area contributed by atoms with Crippen LogP contribution in [0.25, 0.3) is 6.08 Å². The number of amides is 2. The Balaban J connectivity index is 1.98. The van der Waals surface area contributed by atoms with Crippen LogP contribution in [-0.4, -0.2) is 32.0 Å². The molecule has 28 heavy (non-hydrogen) atoms. The fraction of sp³-hybridized carbons (Fsp3) is 0.200. The van der Waals surface area contributed by atoms with Crippen molar-refractivity contribution >= 4 is 57.3 Å². The number of methoxy groups -OCH3 is 2. The van der Waals surface area contributed by atoms with Crippen molar-refractivity contribution in [3.05, 3.63) is 50.4 Å². The van der Waals surface area contributed by atoms with Crippen molar-refractivity contribution in [2.24, 2.45) is 0 Å². The van der Waals surface area contributed by atoms with Gasteiger partial charge in [0.2, 0.25) is 0 Å². The van der Waals surface area contributed by atoms with Gasteiger partial charge in [0, 0.05) is 0 Å². The Hall–Kier alpha value is -2.20. The highest BCUT2D eigenvalue weighted by molar-refractivity contribution is 14.1. The minimum Gasteiger partial charge on any atom is -0.495 e. The Kier molecular flexibility index (Phi) is 6.50. The summed E-state index contributed by atoms with van der Waals surface area (Å²) < 4.78 is 17.2. The van der Waals surface area contributed by atoms with Crippen LogP contribution in [0.2, 0.25) is 0 Å². The lowest BCUT2D eigenvalue weighted by Crippen LogP contribution is -2.28. The number of anilines is 1. The van der Waals surface area contributed by atoms with Crippen molar-refractivity contribution < 1.29 is 23.8 Å². The smallest absolute Gasteiger partial charge is 0.298 e. The molecule has 6 nitrogen and oxygen atoms in total. The van der Waals surface area contributed by atoms with E-state index in [4.69, 9.17) is 14.2 Å². The second kappa shape index (κ2) is 8.87. The quantitative estimate of drug-likeness (QED) is 0.404. The Morgan fingerprint density at radius 2 is 1.86 bits per heavy atom. The maximum Gasteiger partial charge on any atom is 0.298 e. The predicted molar refractivity (Wildman–Crippen MR) is 118 cm³/mol. The molecule has 0 radical (unpaired) electrons. The van der Waals surface area contributed by atoms with Crippen molar-refractivity contribution in [1.29, 1.82) is 0 Å². The second-order valence-corrected chi connectivity index (χ2v) is 7.81. The average Bonchev–Trinajstić information content (AvgIpc) is 2.95. The third-order valence-electron chi connectivity index (χ3n) is 3.95. The first kappa shape index (κ1) is 20.5. The molecule has 0 bridgehead atoms. The van der Waals surface area contributed by atoms with Crippen molar-refractivity contribution in [1.82, 2.24) is 0 Å². The molecule has 0 N–H and O–H groups in total. The van der Waals surface area contributed by atoms with Crippen LogP contribution in [0.3, 0.4) is 0 Å². The molecule has 146 valence electrons. The van der Waals surface area contributed by atoms with Crippen LogP contribution < -0.4 is 19.1 Å². The first-order chi connectivity index (χ1) is 13.5. The number of benzene rings is 2. The van der Waals surface area contributed by atoms with E-state index < -0.39 is 0 Å². The van der Waals surface area contributed by atoms with Gasteiger partial charge in [-0.3, -0.25) is 9.59 Å². The number of para-hydroxylation sites is 2. The molecule has 0 spiro atoms. The van der Waals surface area contributed by atoms with E-state index >= 15 is 0 Å². The normalized spacial score (nSPS) is 15.3. The number of carbonyl (C=O) groups is 2. The maximum absolute atomic E-state index is 12.9. The molecule has 2 amide bonds. The van der Waals surface area contributed by atoms with Gasteiger partial charge in [-0.15, -0.1) is 0 Å². The highest BCUT2D eigenvalue weighted by Crippen LogP contribution is 2.40. The third-order valence-corrected chi connectivity index (χ3v) is 5.62. The van der Waals surface area contributed by atoms with E-state index in [0.29, 0.717) is 34.4 Å². The number of hydrogen-bond donors (Lipinski definition) is 0. The Morgan fingerprint density at radius 3 is 2.54 bits per heavy atom. The minimum absolute atomic E-state index is 0.333. The Labute approximate surface area is 181 Å². The predicted octanol–water partition coefficient (Wildman–Crippen LogP) is 4.95. The van der Waals surface area contributed by atoms with E-state index in [2.05, 4.69) is 22.6 Å². The summed E-state index contributed by atoms with van der Waals surface area (Å²) in [6.45, 7) is 2.37. The average molecular weight is 511 g/mol. The van der Waals surface area contributed by atoms with Crippen LogP contribution in [0.1, 0.15) is 12.5 Å². The number of hydrogen-bond acceptors (Lipinski definition) is 6. The van der Waals surface area contributed by atoms with E-state index in [-0.39, 0.29) is 11.1 Å². The number of imide groups is 1. The summed E-state index contributed by atoms with van der Waals surface area (Å²) in [6.07, 6.45) is 1.68. The fourth-order valence-electron chi connectivity index (χ4n) is 2.77. The Bertz CT molecular complexity index is 960. The van der Waals surface area contributed by atoms with E-state index in [1.807, 2.05) is 13.0 Å².